The van der Waals surface area contributed by atoms with Crippen molar-refractivity contribution in [2.75, 3.05) is 0 Å². The molecule has 0 aliphatic carbocycles. The second-order valence-corrected chi connectivity index (χ2v) is 5.58. The van der Waals surface area contributed by atoms with E-state index >= 15 is 0 Å². The monoisotopic (exact) mass is 354 g/mol. The van der Waals surface area contributed by atoms with E-state index in [1.165, 1.54) is 17.0 Å². The number of benzene rings is 1. The van der Waals surface area contributed by atoms with Crippen LogP contribution in [0.2, 0.25) is 0 Å². The molecule has 0 saturated carbocycles. The van der Waals surface area contributed by atoms with Crippen LogP contribution in [-0.4, -0.2) is 36.0 Å². The Bertz CT molecular complexity index is 1120. The minimum absolute atomic E-state index is 0.358. The molecule has 1 aromatic carbocycles. The largest absolute Gasteiger partial charge is 0.411 e. The van der Waals surface area contributed by atoms with Crippen LogP contribution in [0.25, 0.3) is 16.7 Å². The Morgan fingerprint density at radius 1 is 1.15 bits per heavy atom. The summed E-state index contributed by atoms with van der Waals surface area (Å²) in [4.78, 5) is 4.34. The lowest BCUT2D eigenvalue weighted by atomic mass is 10.2. The first kappa shape index (κ1) is 15.9. The zero-order valence-corrected chi connectivity index (χ0v) is 13.3. The van der Waals surface area contributed by atoms with Crippen LogP contribution in [0.15, 0.2) is 54.1 Å². The first-order chi connectivity index (χ1) is 12.7. The predicted molar refractivity (Wildman–Crippen MR) is 89.5 cm³/mol. The van der Waals surface area contributed by atoms with Crippen molar-refractivity contribution in [1.82, 2.24) is 24.5 Å². The molecule has 0 saturated heterocycles. The maximum Gasteiger partial charge on any atom is 0.160 e. The van der Waals surface area contributed by atoms with Gasteiger partial charge in [-0.25, -0.2) is 18.4 Å². The minimum Gasteiger partial charge on any atom is -0.411 e. The van der Waals surface area contributed by atoms with Crippen molar-refractivity contribution in [3.05, 3.63) is 71.8 Å². The lowest BCUT2D eigenvalue weighted by molar-refractivity contribution is 0.322. The summed E-state index contributed by atoms with van der Waals surface area (Å²) in [6, 6.07) is 7.17. The Kier molecular flexibility index (Phi) is 3.88. The molecule has 0 unspecified atom stereocenters. The minimum atomic E-state index is -0.951. The van der Waals surface area contributed by atoms with Crippen molar-refractivity contribution < 1.29 is 14.0 Å². The Morgan fingerprint density at radius 2 is 2.04 bits per heavy atom. The van der Waals surface area contributed by atoms with Gasteiger partial charge in [0.15, 0.2) is 11.6 Å². The quantitative estimate of drug-likeness (QED) is 0.347. The lowest BCUT2D eigenvalue weighted by Gasteiger charge is -2.01. The second-order valence-electron chi connectivity index (χ2n) is 5.58. The number of hydrogen-bond acceptors (Lipinski definition) is 5. The highest BCUT2D eigenvalue weighted by Gasteiger charge is 2.11. The molecule has 9 heteroatoms. The van der Waals surface area contributed by atoms with Crippen molar-refractivity contribution in [3.8, 4) is 5.69 Å². The van der Waals surface area contributed by atoms with Crippen LogP contribution >= 0.6 is 0 Å². The molecular formula is C17H12F2N6O. The van der Waals surface area contributed by atoms with Crippen molar-refractivity contribution in [3.63, 3.8) is 0 Å². The van der Waals surface area contributed by atoms with E-state index in [0.717, 1.165) is 17.5 Å². The summed E-state index contributed by atoms with van der Waals surface area (Å²) in [6.45, 7) is 0.358. The SMILES string of the molecule is O/N=C/c1cn(Cc2cn(-c3ccc(F)c(F)c3)nn2)c2ncccc12. The highest BCUT2D eigenvalue weighted by Crippen LogP contribution is 2.19. The van der Waals surface area contributed by atoms with Gasteiger partial charge in [0.1, 0.15) is 11.3 Å². The van der Waals surface area contributed by atoms with Crippen molar-refractivity contribution in [1.29, 1.82) is 0 Å². The number of rotatable bonds is 4. The first-order valence-electron chi connectivity index (χ1n) is 7.63. The molecule has 1 N–H and O–H groups in total. The molecule has 26 heavy (non-hydrogen) atoms. The van der Waals surface area contributed by atoms with Crippen LogP contribution in [0.5, 0.6) is 0 Å². The van der Waals surface area contributed by atoms with Gasteiger partial charge in [0, 0.05) is 29.4 Å². The van der Waals surface area contributed by atoms with Gasteiger partial charge in [-0.15, -0.1) is 5.10 Å². The van der Waals surface area contributed by atoms with E-state index in [4.69, 9.17) is 5.21 Å². The molecule has 4 rings (SSSR count). The summed E-state index contributed by atoms with van der Waals surface area (Å²) in [7, 11) is 0. The smallest absolute Gasteiger partial charge is 0.160 e. The van der Waals surface area contributed by atoms with Crippen LogP contribution in [0.3, 0.4) is 0 Å². The maximum atomic E-state index is 13.4. The molecule has 3 heterocycles. The molecule has 0 aliphatic rings. The summed E-state index contributed by atoms with van der Waals surface area (Å²) in [5.41, 5.74) is 2.38. The molecule has 0 atom stereocenters. The fraction of sp³-hybridized carbons (Fsp3) is 0.0588. The predicted octanol–water partition coefficient (Wildman–Crippen LogP) is 2.75. The first-order valence-corrected chi connectivity index (χ1v) is 7.63. The molecule has 4 aromatic rings. The van der Waals surface area contributed by atoms with Crippen LogP contribution in [0.1, 0.15) is 11.3 Å². The standard InChI is InChI=1S/C17H12F2N6O/c18-15-4-3-13(6-16(15)19)25-10-12(22-23-25)9-24-8-11(7-21-26)14-2-1-5-20-17(14)24/h1-8,10,26H,9H2/b21-7+. The van der Waals surface area contributed by atoms with E-state index < -0.39 is 11.6 Å². The van der Waals surface area contributed by atoms with E-state index in [0.29, 0.717) is 29.1 Å². The molecule has 130 valence electrons. The molecule has 3 aromatic heterocycles. The highest BCUT2D eigenvalue weighted by atomic mass is 19.2. The van der Waals surface area contributed by atoms with Gasteiger partial charge in [-0.3, -0.25) is 0 Å². The van der Waals surface area contributed by atoms with Crippen LogP contribution in [0.4, 0.5) is 8.78 Å². The molecule has 0 aliphatic heterocycles. The van der Waals surface area contributed by atoms with Gasteiger partial charge in [0.25, 0.3) is 0 Å². The van der Waals surface area contributed by atoms with Gasteiger partial charge in [0.05, 0.1) is 24.6 Å². The van der Waals surface area contributed by atoms with Gasteiger partial charge in [-0.2, -0.15) is 0 Å². The Balaban J connectivity index is 1.67. The van der Waals surface area contributed by atoms with Gasteiger partial charge in [-0.1, -0.05) is 10.4 Å². The summed E-state index contributed by atoms with van der Waals surface area (Å²) < 4.78 is 29.7. The zero-order valence-electron chi connectivity index (χ0n) is 13.3. The van der Waals surface area contributed by atoms with Gasteiger partial charge < -0.3 is 9.77 Å². The van der Waals surface area contributed by atoms with E-state index in [9.17, 15) is 8.78 Å². The normalized spacial score (nSPS) is 11.6. The van der Waals surface area contributed by atoms with E-state index in [1.54, 1.807) is 24.7 Å². The molecule has 0 spiro atoms. The Labute approximate surface area is 145 Å². The number of pyridine rings is 1. The Hall–Kier alpha value is -3.62. The number of halogens is 2. The average molecular weight is 354 g/mol. The van der Waals surface area contributed by atoms with Crippen molar-refractivity contribution in [2.24, 2.45) is 5.16 Å². The second kappa shape index (κ2) is 6.36. The molecule has 0 amide bonds. The van der Waals surface area contributed by atoms with Crippen LogP contribution in [-0.2, 0) is 6.54 Å². The third-order valence-corrected chi connectivity index (χ3v) is 3.90. The summed E-state index contributed by atoms with van der Waals surface area (Å²) in [5, 5.41) is 20.7. The number of fused-ring (bicyclic) bond motifs is 1. The average Bonchev–Trinajstić information content (AvgIpc) is 3.24. The van der Waals surface area contributed by atoms with E-state index in [1.807, 2.05) is 10.6 Å². The fourth-order valence-electron chi connectivity index (χ4n) is 2.73. The molecular weight excluding hydrogens is 342 g/mol. The van der Waals surface area contributed by atoms with Crippen molar-refractivity contribution >= 4 is 17.2 Å². The highest BCUT2D eigenvalue weighted by molar-refractivity contribution is 5.97. The zero-order chi connectivity index (χ0) is 18.1. The third-order valence-electron chi connectivity index (χ3n) is 3.90. The molecule has 0 radical (unpaired) electrons. The maximum absolute atomic E-state index is 13.4. The topological polar surface area (TPSA) is 81.1 Å². The van der Waals surface area contributed by atoms with Crippen molar-refractivity contribution in [2.45, 2.75) is 6.54 Å². The van der Waals surface area contributed by atoms with Gasteiger partial charge >= 0.3 is 0 Å². The van der Waals surface area contributed by atoms with E-state index in [-0.39, 0.29) is 0 Å². The molecule has 0 fully saturated rings. The fourth-order valence-corrected chi connectivity index (χ4v) is 2.73. The number of hydrogen-bond donors (Lipinski definition) is 1. The number of oxime groups is 1. The summed E-state index contributed by atoms with van der Waals surface area (Å²) >= 11 is 0. The van der Waals surface area contributed by atoms with Crippen LogP contribution in [0, 0.1) is 11.6 Å². The van der Waals surface area contributed by atoms with Crippen LogP contribution < -0.4 is 0 Å². The van der Waals surface area contributed by atoms with Gasteiger partial charge in [-0.05, 0) is 24.3 Å². The summed E-state index contributed by atoms with van der Waals surface area (Å²) in [6.07, 6.45) is 6.41. The lowest BCUT2D eigenvalue weighted by Crippen LogP contribution is -1.99. The molecule has 7 nitrogen and oxygen atoms in total. The number of aromatic nitrogens is 5. The number of nitrogens with zero attached hydrogens (tertiary/aromatic N) is 6. The van der Waals surface area contributed by atoms with Gasteiger partial charge in [0.2, 0.25) is 0 Å². The third kappa shape index (κ3) is 2.79. The van der Waals surface area contributed by atoms with E-state index in [2.05, 4.69) is 20.5 Å². The Morgan fingerprint density at radius 3 is 2.85 bits per heavy atom. The molecule has 0 bridgehead atoms. The summed E-state index contributed by atoms with van der Waals surface area (Å²) in [5.74, 6) is -1.87.